The summed E-state index contributed by atoms with van der Waals surface area (Å²) in [6.07, 6.45) is 3.62. The van der Waals surface area contributed by atoms with Gasteiger partial charge >= 0.3 is 5.97 Å². The lowest BCUT2D eigenvalue weighted by molar-refractivity contribution is -0.137. The van der Waals surface area contributed by atoms with E-state index < -0.39 is 17.8 Å². The summed E-state index contributed by atoms with van der Waals surface area (Å²) in [6, 6.07) is 16.0. The molecule has 2 aromatic rings. The van der Waals surface area contributed by atoms with Crippen LogP contribution in [0.25, 0.3) is 6.08 Å². The molecule has 7 nitrogen and oxygen atoms in total. The average molecular weight is 410 g/mol. The number of hydrogen-bond donors (Lipinski definition) is 3. The highest BCUT2D eigenvalue weighted by Crippen LogP contribution is 2.17. The number of nitrogens with one attached hydrogen (secondary N) is 2. The van der Waals surface area contributed by atoms with E-state index in [-0.39, 0.29) is 12.1 Å². The smallest absolute Gasteiger partial charge is 0.303 e. The molecule has 0 fully saturated rings. The Morgan fingerprint density at radius 3 is 2.37 bits per heavy atom. The second-order valence-corrected chi connectivity index (χ2v) is 6.58. The standard InChI is InChI=1S/C23H26N2O5/c1-30-20-13-8-7-12-18(20)22(28)25-19(16-17-10-4-2-5-11-17)23(29)24-15-9-3-6-14-21(26)27/h2,4-5,7-8,10-13,16H,3,6,9,14-15H2,1H3,(H,24,29)(H,25,28)(H,26,27)/b19-16-. The molecule has 2 aromatic carbocycles. The summed E-state index contributed by atoms with van der Waals surface area (Å²) in [4.78, 5) is 36.0. The van der Waals surface area contributed by atoms with Gasteiger partial charge in [-0.25, -0.2) is 0 Å². The molecule has 0 atom stereocenters. The number of aliphatic carboxylic acids is 1. The number of methoxy groups -OCH3 is 1. The van der Waals surface area contributed by atoms with Crippen LogP contribution in [0.3, 0.4) is 0 Å². The number of rotatable bonds is 11. The molecule has 0 heterocycles. The maximum Gasteiger partial charge on any atom is 0.303 e. The summed E-state index contributed by atoms with van der Waals surface area (Å²) in [5, 5.41) is 14.1. The molecular formula is C23H26N2O5. The summed E-state index contributed by atoms with van der Waals surface area (Å²) in [6.45, 7) is 0.384. The van der Waals surface area contributed by atoms with Crippen molar-refractivity contribution >= 4 is 23.9 Å². The van der Waals surface area contributed by atoms with E-state index in [1.165, 1.54) is 7.11 Å². The van der Waals surface area contributed by atoms with Crippen LogP contribution in [0.15, 0.2) is 60.3 Å². The van der Waals surface area contributed by atoms with E-state index in [2.05, 4.69) is 10.6 Å². The minimum Gasteiger partial charge on any atom is -0.496 e. The number of para-hydroxylation sites is 1. The van der Waals surface area contributed by atoms with Gasteiger partial charge in [-0.05, 0) is 36.6 Å². The van der Waals surface area contributed by atoms with Crippen molar-refractivity contribution in [2.24, 2.45) is 0 Å². The van der Waals surface area contributed by atoms with E-state index in [0.717, 1.165) is 5.56 Å². The van der Waals surface area contributed by atoms with Crippen molar-refractivity contribution in [3.8, 4) is 5.75 Å². The number of carboxylic acid groups (broad SMARTS) is 1. The molecule has 2 rings (SSSR count). The van der Waals surface area contributed by atoms with Crippen LogP contribution in [0.4, 0.5) is 0 Å². The highest BCUT2D eigenvalue weighted by Gasteiger charge is 2.17. The number of unbranched alkanes of at least 4 members (excludes halogenated alkanes) is 2. The van der Waals surface area contributed by atoms with Crippen molar-refractivity contribution < 1.29 is 24.2 Å². The van der Waals surface area contributed by atoms with Gasteiger partial charge in [0.05, 0.1) is 12.7 Å². The molecule has 30 heavy (non-hydrogen) atoms. The summed E-state index contributed by atoms with van der Waals surface area (Å²) in [5.74, 6) is -1.29. The second-order valence-electron chi connectivity index (χ2n) is 6.58. The van der Waals surface area contributed by atoms with Crippen molar-refractivity contribution in [1.82, 2.24) is 10.6 Å². The molecule has 0 saturated carbocycles. The van der Waals surface area contributed by atoms with Crippen LogP contribution in [-0.4, -0.2) is 36.5 Å². The Morgan fingerprint density at radius 1 is 0.967 bits per heavy atom. The largest absolute Gasteiger partial charge is 0.496 e. The predicted octanol–water partition coefficient (Wildman–Crippen LogP) is 3.23. The number of ether oxygens (including phenoxy) is 1. The van der Waals surface area contributed by atoms with Crippen molar-refractivity contribution in [2.45, 2.75) is 25.7 Å². The maximum atomic E-state index is 12.7. The molecule has 3 N–H and O–H groups in total. The lowest BCUT2D eigenvalue weighted by Crippen LogP contribution is -2.35. The summed E-state index contributed by atoms with van der Waals surface area (Å²) in [5.41, 5.74) is 1.20. The Labute approximate surface area is 175 Å². The number of benzene rings is 2. The molecular weight excluding hydrogens is 384 g/mol. The summed E-state index contributed by atoms with van der Waals surface area (Å²) in [7, 11) is 1.48. The van der Waals surface area contributed by atoms with Crippen LogP contribution in [-0.2, 0) is 9.59 Å². The van der Waals surface area contributed by atoms with E-state index in [4.69, 9.17) is 9.84 Å². The Balaban J connectivity index is 2.07. The first-order valence-electron chi connectivity index (χ1n) is 9.72. The third-order valence-electron chi connectivity index (χ3n) is 4.31. The summed E-state index contributed by atoms with van der Waals surface area (Å²) >= 11 is 0. The van der Waals surface area contributed by atoms with Crippen LogP contribution in [0.1, 0.15) is 41.6 Å². The Hall–Kier alpha value is -3.61. The van der Waals surface area contributed by atoms with Crippen LogP contribution in [0.2, 0.25) is 0 Å². The van der Waals surface area contributed by atoms with Crippen molar-refractivity contribution in [3.05, 3.63) is 71.4 Å². The zero-order chi connectivity index (χ0) is 21.8. The molecule has 0 aliphatic carbocycles. The van der Waals surface area contributed by atoms with E-state index >= 15 is 0 Å². The zero-order valence-corrected chi connectivity index (χ0v) is 16.9. The molecule has 0 aliphatic heterocycles. The monoisotopic (exact) mass is 410 g/mol. The minimum absolute atomic E-state index is 0.113. The number of amides is 2. The van der Waals surface area contributed by atoms with Gasteiger partial charge in [0, 0.05) is 13.0 Å². The first kappa shape index (κ1) is 22.7. The van der Waals surface area contributed by atoms with Crippen LogP contribution < -0.4 is 15.4 Å². The van der Waals surface area contributed by atoms with Gasteiger partial charge in [0.2, 0.25) is 0 Å². The third-order valence-corrected chi connectivity index (χ3v) is 4.31. The van der Waals surface area contributed by atoms with Crippen molar-refractivity contribution in [3.63, 3.8) is 0 Å². The fourth-order valence-corrected chi connectivity index (χ4v) is 2.77. The molecule has 0 bridgehead atoms. The van der Waals surface area contributed by atoms with E-state index in [1.54, 1.807) is 30.3 Å². The van der Waals surface area contributed by atoms with Crippen molar-refractivity contribution in [1.29, 1.82) is 0 Å². The number of carbonyl (C=O) groups is 3. The van der Waals surface area contributed by atoms with Crippen LogP contribution in [0, 0.1) is 0 Å². The SMILES string of the molecule is COc1ccccc1C(=O)N/C(=C\c1ccccc1)C(=O)NCCCCCC(=O)O. The summed E-state index contributed by atoms with van der Waals surface area (Å²) < 4.78 is 5.22. The fraction of sp³-hybridized carbons (Fsp3) is 0.261. The first-order chi connectivity index (χ1) is 14.5. The third kappa shape index (κ3) is 7.43. The van der Waals surface area contributed by atoms with Crippen molar-refractivity contribution in [2.75, 3.05) is 13.7 Å². The quantitative estimate of drug-likeness (QED) is 0.390. The molecule has 2 amide bonds. The molecule has 0 radical (unpaired) electrons. The molecule has 0 spiro atoms. The van der Waals surface area contributed by atoms with Gasteiger partial charge in [0.15, 0.2) is 0 Å². The second kappa shape index (κ2) is 12.1. The van der Waals surface area contributed by atoms with Gasteiger partial charge in [-0.15, -0.1) is 0 Å². The molecule has 7 heteroatoms. The van der Waals surface area contributed by atoms with Gasteiger partial charge in [0.1, 0.15) is 11.4 Å². The lowest BCUT2D eigenvalue weighted by atomic mass is 10.1. The fourth-order valence-electron chi connectivity index (χ4n) is 2.77. The normalized spacial score (nSPS) is 10.9. The molecule has 0 aliphatic rings. The predicted molar refractivity (Wildman–Crippen MR) is 114 cm³/mol. The van der Waals surface area contributed by atoms with Gasteiger partial charge in [-0.3, -0.25) is 14.4 Å². The number of carboxylic acids is 1. The number of hydrogen-bond acceptors (Lipinski definition) is 4. The van der Waals surface area contributed by atoms with E-state index in [0.29, 0.717) is 37.1 Å². The first-order valence-corrected chi connectivity index (χ1v) is 9.72. The molecule has 158 valence electrons. The highest BCUT2D eigenvalue weighted by atomic mass is 16.5. The van der Waals surface area contributed by atoms with E-state index in [9.17, 15) is 14.4 Å². The molecule has 0 unspecified atom stereocenters. The van der Waals surface area contributed by atoms with Gasteiger partial charge in [-0.1, -0.05) is 48.9 Å². The molecule has 0 aromatic heterocycles. The Morgan fingerprint density at radius 2 is 1.67 bits per heavy atom. The van der Waals surface area contributed by atoms with Gasteiger partial charge in [0.25, 0.3) is 11.8 Å². The topological polar surface area (TPSA) is 105 Å². The van der Waals surface area contributed by atoms with E-state index in [1.807, 2.05) is 30.3 Å². The lowest BCUT2D eigenvalue weighted by Gasteiger charge is -2.13. The maximum absolute atomic E-state index is 12.7. The zero-order valence-electron chi connectivity index (χ0n) is 16.9. The van der Waals surface area contributed by atoms with Crippen LogP contribution >= 0.6 is 0 Å². The number of carbonyl (C=O) groups excluding carboxylic acids is 2. The Bertz CT molecular complexity index is 893. The highest BCUT2D eigenvalue weighted by molar-refractivity contribution is 6.06. The van der Waals surface area contributed by atoms with Gasteiger partial charge in [-0.2, -0.15) is 0 Å². The van der Waals surface area contributed by atoms with Gasteiger partial charge < -0.3 is 20.5 Å². The Kier molecular flexibility index (Phi) is 9.12. The van der Waals surface area contributed by atoms with Crippen LogP contribution in [0.5, 0.6) is 5.75 Å². The minimum atomic E-state index is -0.828. The average Bonchev–Trinajstić information content (AvgIpc) is 2.75. The molecule has 0 saturated heterocycles.